The molecule has 118 valence electrons. The zero-order valence-corrected chi connectivity index (χ0v) is 12.4. The molecule has 0 saturated carbocycles. The standard InChI is InChI=1S/C16H18F2N2O2/c1-10-4-6-19(7-5-10)14-9-15(21)20(16(14)22)11-2-3-12(17)13(18)8-11/h2-3,8,10,14H,4-7,9H2,1H3. The number of likely N-dealkylation sites (tertiary alicyclic amines) is 1. The molecule has 0 radical (unpaired) electrons. The highest BCUT2D eigenvalue weighted by atomic mass is 19.2. The first-order chi connectivity index (χ1) is 10.5. The average Bonchev–Trinajstić information content (AvgIpc) is 2.78. The van der Waals surface area contributed by atoms with Gasteiger partial charge in [-0.2, -0.15) is 0 Å². The lowest BCUT2D eigenvalue weighted by Crippen LogP contribution is -2.45. The van der Waals surface area contributed by atoms with E-state index in [-0.39, 0.29) is 23.9 Å². The molecule has 2 saturated heterocycles. The lowest BCUT2D eigenvalue weighted by molar-refractivity contribution is -0.123. The number of anilines is 1. The van der Waals surface area contributed by atoms with Crippen LogP contribution < -0.4 is 4.90 Å². The summed E-state index contributed by atoms with van der Waals surface area (Å²) in [5.74, 6) is -2.13. The number of halogens is 2. The van der Waals surface area contributed by atoms with E-state index in [1.807, 2.05) is 4.90 Å². The van der Waals surface area contributed by atoms with Crippen LogP contribution in [0.5, 0.6) is 0 Å². The summed E-state index contributed by atoms with van der Waals surface area (Å²) in [6.07, 6.45) is 2.11. The van der Waals surface area contributed by atoms with Gasteiger partial charge in [-0.05, 0) is 44.0 Å². The van der Waals surface area contributed by atoms with Crippen LogP contribution in [0, 0.1) is 17.6 Å². The zero-order chi connectivity index (χ0) is 15.9. The summed E-state index contributed by atoms with van der Waals surface area (Å²) >= 11 is 0. The number of piperidine rings is 1. The Morgan fingerprint density at radius 3 is 2.41 bits per heavy atom. The Morgan fingerprint density at radius 2 is 1.77 bits per heavy atom. The maximum Gasteiger partial charge on any atom is 0.251 e. The van der Waals surface area contributed by atoms with Crippen molar-refractivity contribution in [2.75, 3.05) is 18.0 Å². The van der Waals surface area contributed by atoms with Gasteiger partial charge in [0.25, 0.3) is 5.91 Å². The molecule has 4 nitrogen and oxygen atoms in total. The average molecular weight is 308 g/mol. The van der Waals surface area contributed by atoms with E-state index in [9.17, 15) is 18.4 Å². The monoisotopic (exact) mass is 308 g/mol. The van der Waals surface area contributed by atoms with Crippen LogP contribution >= 0.6 is 0 Å². The van der Waals surface area contributed by atoms with Gasteiger partial charge in [-0.15, -0.1) is 0 Å². The highest BCUT2D eigenvalue weighted by molar-refractivity contribution is 6.22. The van der Waals surface area contributed by atoms with Gasteiger partial charge < -0.3 is 0 Å². The van der Waals surface area contributed by atoms with Gasteiger partial charge >= 0.3 is 0 Å². The molecule has 0 aliphatic carbocycles. The second-order valence-corrected chi connectivity index (χ2v) is 6.10. The number of nitrogens with zero attached hydrogens (tertiary/aromatic N) is 2. The number of hydrogen-bond acceptors (Lipinski definition) is 3. The van der Waals surface area contributed by atoms with Gasteiger partial charge in [-0.3, -0.25) is 14.5 Å². The van der Waals surface area contributed by atoms with Crippen molar-refractivity contribution >= 4 is 17.5 Å². The van der Waals surface area contributed by atoms with Crippen LogP contribution in [0.2, 0.25) is 0 Å². The van der Waals surface area contributed by atoms with E-state index in [2.05, 4.69) is 6.92 Å². The Balaban J connectivity index is 1.80. The number of carbonyl (C=O) groups is 2. The highest BCUT2D eigenvalue weighted by Crippen LogP contribution is 2.29. The smallest absolute Gasteiger partial charge is 0.251 e. The predicted molar refractivity (Wildman–Crippen MR) is 77.2 cm³/mol. The van der Waals surface area contributed by atoms with E-state index in [0.29, 0.717) is 5.92 Å². The van der Waals surface area contributed by atoms with Gasteiger partial charge in [0.15, 0.2) is 11.6 Å². The number of amides is 2. The Kier molecular flexibility index (Phi) is 3.95. The molecule has 2 amide bonds. The number of rotatable bonds is 2. The van der Waals surface area contributed by atoms with E-state index in [0.717, 1.165) is 43.0 Å². The number of benzene rings is 1. The third-order valence-corrected chi connectivity index (χ3v) is 4.54. The van der Waals surface area contributed by atoms with Crippen molar-refractivity contribution in [2.45, 2.75) is 32.2 Å². The van der Waals surface area contributed by atoms with Crippen molar-refractivity contribution in [3.63, 3.8) is 0 Å². The van der Waals surface area contributed by atoms with Crippen molar-refractivity contribution < 1.29 is 18.4 Å². The molecular formula is C16H18F2N2O2. The topological polar surface area (TPSA) is 40.6 Å². The second-order valence-electron chi connectivity index (χ2n) is 6.10. The third kappa shape index (κ3) is 2.63. The van der Waals surface area contributed by atoms with Crippen molar-refractivity contribution in [2.24, 2.45) is 5.92 Å². The van der Waals surface area contributed by atoms with Gasteiger partial charge in [0.05, 0.1) is 18.2 Å². The minimum Gasteiger partial charge on any atom is -0.292 e. The summed E-state index contributed by atoms with van der Waals surface area (Å²) in [5.41, 5.74) is 0.0989. The molecule has 0 spiro atoms. The molecule has 1 atom stereocenters. The molecule has 1 aromatic rings. The molecule has 0 N–H and O–H groups in total. The van der Waals surface area contributed by atoms with Gasteiger partial charge in [0, 0.05) is 6.07 Å². The molecule has 6 heteroatoms. The van der Waals surface area contributed by atoms with Crippen LogP contribution in [0.1, 0.15) is 26.2 Å². The van der Waals surface area contributed by atoms with Crippen LogP contribution in [0.4, 0.5) is 14.5 Å². The molecule has 3 rings (SSSR count). The molecule has 22 heavy (non-hydrogen) atoms. The Labute approximate surface area is 127 Å². The van der Waals surface area contributed by atoms with Gasteiger partial charge in [0.2, 0.25) is 5.91 Å². The van der Waals surface area contributed by atoms with Crippen molar-refractivity contribution in [3.8, 4) is 0 Å². The fraction of sp³-hybridized carbons (Fsp3) is 0.500. The summed E-state index contributed by atoms with van der Waals surface area (Å²) in [6.45, 7) is 3.75. The van der Waals surface area contributed by atoms with Gasteiger partial charge in [-0.1, -0.05) is 6.92 Å². The van der Waals surface area contributed by atoms with Crippen LogP contribution in [0.25, 0.3) is 0 Å². The minimum absolute atomic E-state index is 0.0989. The molecule has 2 aliphatic heterocycles. The summed E-state index contributed by atoms with van der Waals surface area (Å²) in [7, 11) is 0. The summed E-state index contributed by atoms with van der Waals surface area (Å²) in [6, 6.07) is 2.61. The van der Waals surface area contributed by atoms with Crippen molar-refractivity contribution in [3.05, 3.63) is 29.8 Å². The molecule has 1 unspecified atom stereocenters. The Hall–Kier alpha value is -1.82. The van der Waals surface area contributed by atoms with Gasteiger partial charge in [-0.25, -0.2) is 13.7 Å². The van der Waals surface area contributed by atoms with E-state index >= 15 is 0 Å². The molecule has 1 aromatic carbocycles. The minimum atomic E-state index is -1.06. The first kappa shape index (κ1) is 15.1. The molecule has 0 bridgehead atoms. The van der Waals surface area contributed by atoms with Crippen LogP contribution in [-0.4, -0.2) is 35.8 Å². The fourth-order valence-electron chi connectivity index (χ4n) is 3.14. The molecule has 2 fully saturated rings. The second kappa shape index (κ2) is 5.76. The highest BCUT2D eigenvalue weighted by Gasteiger charge is 2.43. The van der Waals surface area contributed by atoms with E-state index < -0.39 is 17.7 Å². The quantitative estimate of drug-likeness (QED) is 0.787. The predicted octanol–water partition coefficient (Wildman–Crippen LogP) is 2.33. The maximum atomic E-state index is 13.3. The molecule has 2 heterocycles. The van der Waals surface area contributed by atoms with Crippen LogP contribution in [0.15, 0.2) is 18.2 Å². The lowest BCUT2D eigenvalue weighted by Gasteiger charge is -2.33. The summed E-state index contributed by atoms with van der Waals surface area (Å²) in [5, 5.41) is 0. The molecule has 2 aliphatic rings. The van der Waals surface area contributed by atoms with E-state index in [1.165, 1.54) is 6.07 Å². The summed E-state index contributed by atoms with van der Waals surface area (Å²) in [4.78, 5) is 27.7. The maximum absolute atomic E-state index is 13.3. The van der Waals surface area contributed by atoms with E-state index in [4.69, 9.17) is 0 Å². The third-order valence-electron chi connectivity index (χ3n) is 4.54. The normalized spacial score (nSPS) is 24.3. The first-order valence-electron chi connectivity index (χ1n) is 7.53. The fourth-order valence-corrected chi connectivity index (χ4v) is 3.14. The SMILES string of the molecule is CC1CCN(C2CC(=O)N(c3ccc(F)c(F)c3)C2=O)CC1. The zero-order valence-electron chi connectivity index (χ0n) is 12.4. The number of hydrogen-bond donors (Lipinski definition) is 0. The van der Waals surface area contributed by atoms with Crippen molar-refractivity contribution in [1.82, 2.24) is 4.90 Å². The van der Waals surface area contributed by atoms with Crippen molar-refractivity contribution in [1.29, 1.82) is 0 Å². The number of imide groups is 1. The number of carbonyl (C=O) groups excluding carboxylic acids is 2. The molecular weight excluding hydrogens is 290 g/mol. The van der Waals surface area contributed by atoms with E-state index in [1.54, 1.807) is 0 Å². The Bertz CT molecular complexity index is 612. The first-order valence-corrected chi connectivity index (χ1v) is 7.53. The largest absolute Gasteiger partial charge is 0.292 e. The lowest BCUT2D eigenvalue weighted by atomic mass is 9.97. The Morgan fingerprint density at radius 1 is 1.09 bits per heavy atom. The molecule has 0 aromatic heterocycles. The van der Waals surface area contributed by atoms with Gasteiger partial charge in [0.1, 0.15) is 0 Å². The van der Waals surface area contributed by atoms with Crippen LogP contribution in [-0.2, 0) is 9.59 Å². The summed E-state index contributed by atoms with van der Waals surface area (Å²) < 4.78 is 26.4. The van der Waals surface area contributed by atoms with Crippen LogP contribution in [0.3, 0.4) is 0 Å².